The van der Waals surface area contributed by atoms with Gasteiger partial charge in [-0.15, -0.1) is 0 Å². The highest BCUT2D eigenvalue weighted by atomic mass is 35.5. The zero-order valence-electron chi connectivity index (χ0n) is 16.9. The van der Waals surface area contributed by atoms with Crippen molar-refractivity contribution in [3.05, 3.63) is 28.8 Å². The Hall–Kier alpha value is -1.63. The molecule has 0 spiro atoms. The molecular formula is C20H33ClN4O2+2. The Morgan fingerprint density at radius 3 is 2.19 bits per heavy atom. The minimum atomic E-state index is -0.197. The number of carbonyl (C=O) groups is 2. The van der Waals surface area contributed by atoms with Crippen LogP contribution >= 0.6 is 11.6 Å². The van der Waals surface area contributed by atoms with Gasteiger partial charge in [-0.2, -0.15) is 0 Å². The lowest BCUT2D eigenvalue weighted by Crippen LogP contribution is -3.18. The molecule has 1 aromatic rings. The lowest BCUT2D eigenvalue weighted by molar-refractivity contribution is -0.930. The average Bonchev–Trinajstić information content (AvgIpc) is 2.73. The number of benzene rings is 1. The Labute approximate surface area is 167 Å². The molecule has 0 saturated carbocycles. The van der Waals surface area contributed by atoms with E-state index in [2.05, 4.69) is 10.6 Å². The van der Waals surface area contributed by atoms with Crippen LogP contribution in [0, 0.1) is 6.92 Å². The van der Waals surface area contributed by atoms with Crippen LogP contribution in [0.25, 0.3) is 0 Å². The highest BCUT2D eigenvalue weighted by molar-refractivity contribution is 6.30. The molecule has 2 atom stereocenters. The van der Waals surface area contributed by atoms with Crippen LogP contribution in [0.5, 0.6) is 0 Å². The van der Waals surface area contributed by atoms with Gasteiger partial charge in [0.1, 0.15) is 13.1 Å². The van der Waals surface area contributed by atoms with E-state index in [1.54, 1.807) is 6.07 Å². The monoisotopic (exact) mass is 396 g/mol. The third-order valence-electron chi connectivity index (χ3n) is 4.69. The highest BCUT2D eigenvalue weighted by Crippen LogP contribution is 2.19. The predicted octanol–water partition coefficient (Wildman–Crippen LogP) is -0.325. The lowest BCUT2D eigenvalue weighted by atomic mass is 10.1. The van der Waals surface area contributed by atoms with Crippen molar-refractivity contribution in [2.24, 2.45) is 0 Å². The van der Waals surface area contributed by atoms with Crippen LogP contribution in [0.1, 0.15) is 32.8 Å². The van der Waals surface area contributed by atoms with Gasteiger partial charge < -0.3 is 20.4 Å². The molecule has 2 amide bonds. The van der Waals surface area contributed by atoms with Crippen molar-refractivity contribution in [3.63, 3.8) is 0 Å². The summed E-state index contributed by atoms with van der Waals surface area (Å²) < 4.78 is 0. The maximum Gasteiger partial charge on any atom is 0.279 e. The van der Waals surface area contributed by atoms with Crippen LogP contribution in [0.3, 0.4) is 0 Å². The van der Waals surface area contributed by atoms with E-state index in [0.717, 1.165) is 43.9 Å². The van der Waals surface area contributed by atoms with E-state index in [4.69, 9.17) is 11.6 Å². The summed E-state index contributed by atoms with van der Waals surface area (Å²) in [4.78, 5) is 27.1. The second-order valence-corrected chi connectivity index (χ2v) is 8.95. The first-order chi connectivity index (χ1) is 12.6. The van der Waals surface area contributed by atoms with E-state index < -0.39 is 0 Å². The molecular weight excluding hydrogens is 364 g/mol. The van der Waals surface area contributed by atoms with Gasteiger partial charge in [0.15, 0.2) is 13.1 Å². The summed E-state index contributed by atoms with van der Waals surface area (Å²) in [5, 5.41) is 6.68. The largest absolute Gasteiger partial charge is 0.347 e. The van der Waals surface area contributed by atoms with Crippen LogP contribution in [0.4, 0.5) is 5.69 Å². The van der Waals surface area contributed by atoms with E-state index in [0.29, 0.717) is 18.1 Å². The fraction of sp³-hybridized carbons (Fsp3) is 0.600. The third-order valence-corrected chi connectivity index (χ3v) is 4.93. The number of hydrogen-bond donors (Lipinski definition) is 4. The predicted molar refractivity (Wildman–Crippen MR) is 108 cm³/mol. The van der Waals surface area contributed by atoms with Crippen LogP contribution < -0.4 is 20.4 Å². The van der Waals surface area contributed by atoms with Gasteiger partial charge in [-0.05, 0) is 51.5 Å². The summed E-state index contributed by atoms with van der Waals surface area (Å²) in [5.74, 6) is 0.112. The van der Waals surface area contributed by atoms with Crippen molar-refractivity contribution < 1.29 is 19.4 Å². The Morgan fingerprint density at radius 1 is 1.04 bits per heavy atom. The minimum Gasteiger partial charge on any atom is -0.347 e. The van der Waals surface area contributed by atoms with Gasteiger partial charge in [-0.25, -0.2) is 0 Å². The Kier molecular flexibility index (Phi) is 7.65. The first kappa shape index (κ1) is 21.7. The van der Waals surface area contributed by atoms with Crippen molar-refractivity contribution in [1.29, 1.82) is 0 Å². The molecule has 1 fully saturated rings. The molecule has 1 aliphatic rings. The van der Waals surface area contributed by atoms with E-state index in [1.807, 2.05) is 39.8 Å². The minimum absolute atomic E-state index is 0.0179. The summed E-state index contributed by atoms with van der Waals surface area (Å²) in [6.45, 7) is 12.6. The molecule has 6 nitrogen and oxygen atoms in total. The standard InChI is InChI=1S/C20H31ClN4O2/c1-15-12-16(21)6-7-17(15)22-18(26)13-24-8-5-9-25(11-10-24)14-19(27)23-20(2,3)4/h6-7,12H,5,8-11,13-14H2,1-4H3,(H,22,26)(H,23,27)/p+2. The molecule has 1 heterocycles. The smallest absolute Gasteiger partial charge is 0.279 e. The van der Waals surface area contributed by atoms with Gasteiger partial charge in [0, 0.05) is 22.7 Å². The number of rotatable bonds is 5. The van der Waals surface area contributed by atoms with Crippen LogP contribution in [0.2, 0.25) is 5.02 Å². The molecule has 0 aliphatic carbocycles. The lowest BCUT2D eigenvalue weighted by Gasteiger charge is -2.22. The van der Waals surface area contributed by atoms with Gasteiger partial charge in [0.25, 0.3) is 11.8 Å². The fourth-order valence-electron chi connectivity index (χ4n) is 3.42. The van der Waals surface area contributed by atoms with Crippen molar-refractivity contribution in [2.75, 3.05) is 44.6 Å². The first-order valence-corrected chi connectivity index (χ1v) is 10.0. The summed E-state index contributed by atoms with van der Waals surface area (Å²) >= 11 is 5.96. The number of amides is 2. The molecule has 2 rings (SSSR count). The van der Waals surface area contributed by atoms with E-state index in [9.17, 15) is 9.59 Å². The summed E-state index contributed by atoms with van der Waals surface area (Å²) in [6, 6.07) is 5.47. The SMILES string of the molecule is Cc1cc(Cl)ccc1NC(=O)C[NH+]1CCC[NH+](CC(=O)NC(C)(C)C)CC1. The number of anilines is 1. The maximum absolute atomic E-state index is 12.4. The average molecular weight is 397 g/mol. The molecule has 27 heavy (non-hydrogen) atoms. The van der Waals surface area contributed by atoms with Crippen molar-refractivity contribution in [1.82, 2.24) is 5.32 Å². The van der Waals surface area contributed by atoms with Crippen molar-refractivity contribution in [2.45, 2.75) is 39.7 Å². The van der Waals surface area contributed by atoms with E-state index >= 15 is 0 Å². The number of hydrogen-bond acceptors (Lipinski definition) is 2. The van der Waals surface area contributed by atoms with Crippen molar-refractivity contribution in [3.8, 4) is 0 Å². The van der Waals surface area contributed by atoms with Crippen LogP contribution in [-0.4, -0.2) is 56.6 Å². The summed E-state index contributed by atoms with van der Waals surface area (Å²) in [6.07, 6.45) is 1.01. The van der Waals surface area contributed by atoms with Gasteiger partial charge in [0.05, 0.1) is 13.1 Å². The molecule has 1 aromatic carbocycles. The third kappa shape index (κ3) is 7.87. The Balaban J connectivity index is 1.80. The Bertz CT molecular complexity index is 672. The fourth-order valence-corrected chi connectivity index (χ4v) is 3.65. The maximum atomic E-state index is 12.4. The van der Waals surface area contributed by atoms with Gasteiger partial charge in [0.2, 0.25) is 0 Å². The molecule has 1 saturated heterocycles. The van der Waals surface area contributed by atoms with Gasteiger partial charge in [-0.1, -0.05) is 11.6 Å². The van der Waals surface area contributed by atoms with Gasteiger partial charge >= 0.3 is 0 Å². The number of aryl methyl sites for hydroxylation is 1. The number of nitrogens with one attached hydrogen (secondary N) is 4. The topological polar surface area (TPSA) is 67.1 Å². The molecule has 0 aromatic heterocycles. The Morgan fingerprint density at radius 2 is 1.63 bits per heavy atom. The highest BCUT2D eigenvalue weighted by Gasteiger charge is 2.25. The molecule has 0 bridgehead atoms. The van der Waals surface area contributed by atoms with Crippen molar-refractivity contribution >= 4 is 29.1 Å². The molecule has 2 unspecified atom stereocenters. The van der Waals surface area contributed by atoms with Crippen LogP contribution in [0.15, 0.2) is 18.2 Å². The molecule has 0 radical (unpaired) electrons. The number of quaternary nitrogens is 2. The quantitative estimate of drug-likeness (QED) is 0.551. The second kappa shape index (κ2) is 9.53. The first-order valence-electron chi connectivity index (χ1n) is 9.66. The molecule has 7 heteroatoms. The van der Waals surface area contributed by atoms with Gasteiger partial charge in [-0.3, -0.25) is 9.59 Å². The number of carbonyl (C=O) groups excluding carboxylic acids is 2. The van der Waals surface area contributed by atoms with Crippen LogP contribution in [-0.2, 0) is 9.59 Å². The molecule has 4 N–H and O–H groups in total. The normalized spacial score (nSPS) is 20.6. The molecule has 150 valence electrons. The zero-order valence-corrected chi connectivity index (χ0v) is 17.6. The second-order valence-electron chi connectivity index (χ2n) is 8.51. The summed E-state index contributed by atoms with van der Waals surface area (Å²) in [7, 11) is 0. The zero-order chi connectivity index (χ0) is 20.0. The summed E-state index contributed by atoms with van der Waals surface area (Å²) in [5.41, 5.74) is 1.57. The van der Waals surface area contributed by atoms with E-state index in [1.165, 1.54) is 9.80 Å². The van der Waals surface area contributed by atoms with E-state index in [-0.39, 0.29) is 17.4 Å². The molecule has 1 aliphatic heterocycles. The number of halogens is 1.